The van der Waals surface area contributed by atoms with Gasteiger partial charge in [0.05, 0.1) is 6.61 Å². The Morgan fingerprint density at radius 2 is 1.21 bits per heavy atom. The van der Waals surface area contributed by atoms with Crippen LogP contribution in [0.3, 0.4) is 0 Å². The van der Waals surface area contributed by atoms with Crippen LogP contribution in [0.15, 0.2) is 0 Å². The van der Waals surface area contributed by atoms with E-state index in [1.54, 1.807) is 0 Å². The van der Waals surface area contributed by atoms with Gasteiger partial charge in [-0.05, 0) is 40.7 Å². The molecule has 0 aromatic heterocycles. The Morgan fingerprint density at radius 1 is 0.667 bits per heavy atom. The fourth-order valence-corrected chi connectivity index (χ4v) is 5.35. The van der Waals surface area contributed by atoms with Gasteiger partial charge in [-0.25, -0.2) is 0 Å². The van der Waals surface area contributed by atoms with Crippen molar-refractivity contribution in [1.82, 2.24) is 4.90 Å². The highest BCUT2D eigenvalue weighted by Gasteiger charge is 2.60. The molecule has 33 heavy (non-hydrogen) atoms. The molecule has 3 fully saturated rings. The molecule has 0 unspecified atom stereocenters. The maximum atomic E-state index is 9.63. The Labute approximate surface area is 201 Å². The Hall–Kier alpha value is -0.280. The van der Waals surface area contributed by atoms with Crippen LogP contribution in [0.1, 0.15) is 98.8 Å². The number of hydrogen-bond acceptors (Lipinski definition) is 7. The summed E-state index contributed by atoms with van der Waals surface area (Å²) in [5.74, 6) is -1.38. The number of ether oxygens (including phenoxy) is 5. The van der Waals surface area contributed by atoms with E-state index in [-0.39, 0.29) is 31.0 Å². The fourth-order valence-electron chi connectivity index (χ4n) is 5.35. The summed E-state index contributed by atoms with van der Waals surface area (Å²) in [5.41, 5.74) is 0. The van der Waals surface area contributed by atoms with Gasteiger partial charge >= 0.3 is 0 Å². The lowest BCUT2D eigenvalue weighted by molar-refractivity contribution is -0.236. The zero-order chi connectivity index (χ0) is 23.9. The van der Waals surface area contributed by atoms with E-state index in [0.29, 0.717) is 13.1 Å². The first kappa shape index (κ1) is 27.3. The number of unbranched alkanes of at least 4 members (excludes halogenated alkanes) is 9. The van der Waals surface area contributed by atoms with Crippen LogP contribution in [0.4, 0.5) is 0 Å². The summed E-state index contributed by atoms with van der Waals surface area (Å²) in [5, 5.41) is 9.63. The predicted molar refractivity (Wildman–Crippen MR) is 128 cm³/mol. The Balaban J connectivity index is 1.44. The minimum Gasteiger partial charge on any atom is -0.395 e. The van der Waals surface area contributed by atoms with Gasteiger partial charge in [-0.3, -0.25) is 4.90 Å². The zero-order valence-corrected chi connectivity index (χ0v) is 21.7. The van der Waals surface area contributed by atoms with Crippen LogP contribution in [-0.2, 0) is 23.7 Å². The van der Waals surface area contributed by atoms with Crippen LogP contribution in [0.5, 0.6) is 0 Å². The van der Waals surface area contributed by atoms with Crippen LogP contribution in [-0.4, -0.2) is 78.5 Å². The van der Waals surface area contributed by atoms with Crippen molar-refractivity contribution in [3.63, 3.8) is 0 Å². The highest BCUT2D eigenvalue weighted by molar-refractivity contribution is 5.00. The SMILES string of the molecule is CCCCCCCCCCCCN(CCO)C[C@@H]1O[C@@H]2OC(C)(C)O[C@@H]2[C@H]2OC(C)(C)O[C@H]21. The van der Waals surface area contributed by atoms with Crippen molar-refractivity contribution in [1.29, 1.82) is 0 Å². The van der Waals surface area contributed by atoms with Gasteiger partial charge in [0.25, 0.3) is 0 Å². The van der Waals surface area contributed by atoms with Gasteiger partial charge in [0, 0.05) is 13.1 Å². The number of nitrogens with zero attached hydrogens (tertiary/aromatic N) is 1. The molecule has 5 atom stereocenters. The first-order valence-electron chi connectivity index (χ1n) is 13.4. The van der Waals surface area contributed by atoms with Crippen molar-refractivity contribution in [2.24, 2.45) is 0 Å². The van der Waals surface area contributed by atoms with Crippen molar-refractivity contribution >= 4 is 0 Å². The monoisotopic (exact) mass is 471 g/mol. The normalized spacial score (nSPS) is 32.3. The number of fused-ring (bicyclic) bond motifs is 3. The first-order valence-corrected chi connectivity index (χ1v) is 13.4. The Morgan fingerprint density at radius 3 is 1.85 bits per heavy atom. The van der Waals surface area contributed by atoms with Crippen molar-refractivity contribution in [2.75, 3.05) is 26.2 Å². The van der Waals surface area contributed by atoms with E-state index in [0.717, 1.165) is 13.0 Å². The average Bonchev–Trinajstić information content (AvgIpc) is 3.23. The highest BCUT2D eigenvalue weighted by atomic mass is 16.9. The fraction of sp³-hybridized carbons (Fsp3) is 1.00. The zero-order valence-electron chi connectivity index (χ0n) is 21.7. The molecule has 3 aliphatic heterocycles. The van der Waals surface area contributed by atoms with Gasteiger partial charge in [0.15, 0.2) is 17.9 Å². The van der Waals surface area contributed by atoms with E-state index in [4.69, 9.17) is 23.7 Å². The van der Waals surface area contributed by atoms with Gasteiger partial charge in [-0.15, -0.1) is 0 Å². The van der Waals surface area contributed by atoms with Crippen LogP contribution in [0, 0.1) is 0 Å². The average molecular weight is 472 g/mol. The van der Waals surface area contributed by atoms with Crippen molar-refractivity contribution < 1.29 is 28.8 Å². The molecule has 0 amide bonds. The molecule has 0 aliphatic carbocycles. The van der Waals surface area contributed by atoms with Gasteiger partial charge < -0.3 is 28.8 Å². The van der Waals surface area contributed by atoms with Crippen molar-refractivity contribution in [3.8, 4) is 0 Å². The molecule has 0 aromatic rings. The molecule has 3 aliphatic rings. The maximum Gasteiger partial charge on any atom is 0.190 e. The number of rotatable bonds is 15. The van der Waals surface area contributed by atoms with Crippen LogP contribution in [0.25, 0.3) is 0 Å². The minimum atomic E-state index is -0.703. The van der Waals surface area contributed by atoms with Crippen LogP contribution < -0.4 is 0 Å². The lowest BCUT2D eigenvalue weighted by Gasteiger charge is -2.39. The summed E-state index contributed by atoms with van der Waals surface area (Å²) in [6.45, 7) is 12.4. The van der Waals surface area contributed by atoms with Crippen LogP contribution >= 0.6 is 0 Å². The summed E-state index contributed by atoms with van der Waals surface area (Å²) in [4.78, 5) is 2.29. The molecule has 0 radical (unpaired) electrons. The minimum absolute atomic E-state index is 0.139. The molecule has 194 valence electrons. The van der Waals surface area contributed by atoms with E-state index < -0.39 is 17.9 Å². The largest absolute Gasteiger partial charge is 0.395 e. The van der Waals surface area contributed by atoms with Crippen molar-refractivity contribution in [2.45, 2.75) is 141 Å². The highest BCUT2D eigenvalue weighted by Crippen LogP contribution is 2.44. The maximum absolute atomic E-state index is 9.63. The molecule has 3 heterocycles. The second-order valence-electron chi connectivity index (χ2n) is 10.9. The number of hydrogen-bond donors (Lipinski definition) is 1. The molecule has 3 saturated heterocycles. The lowest BCUT2D eigenvalue weighted by atomic mass is 9.98. The Kier molecular flexibility index (Phi) is 10.4. The lowest BCUT2D eigenvalue weighted by Crippen LogP contribution is -2.58. The molecule has 1 N–H and O–H groups in total. The van der Waals surface area contributed by atoms with Gasteiger partial charge in [-0.1, -0.05) is 64.7 Å². The summed E-state index contributed by atoms with van der Waals surface area (Å²) in [7, 11) is 0. The molecule has 3 rings (SSSR count). The predicted octanol–water partition coefficient (Wildman–Crippen LogP) is 4.60. The van der Waals surface area contributed by atoms with E-state index in [2.05, 4.69) is 11.8 Å². The summed E-state index contributed by atoms with van der Waals surface area (Å²) in [6, 6.07) is 0. The van der Waals surface area contributed by atoms with Crippen LogP contribution in [0.2, 0.25) is 0 Å². The van der Waals surface area contributed by atoms with Gasteiger partial charge in [0.2, 0.25) is 0 Å². The molecule has 7 nitrogen and oxygen atoms in total. The third-order valence-electron chi connectivity index (χ3n) is 6.93. The second-order valence-corrected chi connectivity index (χ2v) is 10.9. The first-order chi connectivity index (χ1) is 15.7. The molecule has 0 saturated carbocycles. The van der Waals surface area contributed by atoms with Crippen molar-refractivity contribution in [3.05, 3.63) is 0 Å². The third kappa shape index (κ3) is 8.13. The molecule has 0 spiro atoms. The third-order valence-corrected chi connectivity index (χ3v) is 6.93. The Bertz CT molecular complexity index is 571. The molecular formula is C26H49NO6. The molecule has 0 aromatic carbocycles. The standard InChI is InChI=1S/C26H49NO6/c1-6-7-8-9-10-11-12-13-14-15-16-27(17-18-28)19-20-21-22(31-25(2,3)30-21)23-24(29-20)33-26(4,5)32-23/h20-24,28H,6-19H2,1-5H3/t20-,21-,22-,23+,24+/m0/s1. The topological polar surface area (TPSA) is 69.6 Å². The summed E-state index contributed by atoms with van der Waals surface area (Å²) < 4.78 is 30.9. The quantitative estimate of drug-likeness (QED) is 0.350. The van der Waals surface area contributed by atoms with E-state index in [1.807, 2.05) is 27.7 Å². The van der Waals surface area contributed by atoms with Gasteiger partial charge in [0.1, 0.15) is 24.4 Å². The summed E-state index contributed by atoms with van der Waals surface area (Å²) in [6.07, 6.45) is 11.8. The molecule has 0 bridgehead atoms. The summed E-state index contributed by atoms with van der Waals surface area (Å²) >= 11 is 0. The van der Waals surface area contributed by atoms with Gasteiger partial charge in [-0.2, -0.15) is 0 Å². The number of aliphatic hydroxyl groups is 1. The van der Waals surface area contributed by atoms with E-state index in [9.17, 15) is 5.11 Å². The smallest absolute Gasteiger partial charge is 0.190 e. The molecule has 7 heteroatoms. The second kappa shape index (κ2) is 12.6. The van der Waals surface area contributed by atoms with E-state index >= 15 is 0 Å². The number of aliphatic hydroxyl groups excluding tert-OH is 1. The molecular weight excluding hydrogens is 422 g/mol. The van der Waals surface area contributed by atoms with E-state index in [1.165, 1.54) is 57.8 Å².